The molecule has 0 bridgehead atoms. The van der Waals surface area contributed by atoms with Crippen molar-refractivity contribution in [2.75, 3.05) is 0 Å². The van der Waals surface area contributed by atoms with Gasteiger partial charge in [0, 0.05) is 6.42 Å². The molecular weight excluding hydrogens is 224 g/mol. The number of carboxylic acids is 1. The molecule has 0 saturated heterocycles. The van der Waals surface area contributed by atoms with E-state index in [1.165, 1.54) is 44.9 Å². The SMILES string of the molecule is CCC(CC)CCCCCCC=CCCC(=O)O. The molecule has 0 radical (unpaired) electrons. The van der Waals surface area contributed by atoms with Gasteiger partial charge in [0.15, 0.2) is 0 Å². The van der Waals surface area contributed by atoms with Gasteiger partial charge in [0.05, 0.1) is 0 Å². The first-order chi connectivity index (χ1) is 8.70. The van der Waals surface area contributed by atoms with Crippen molar-refractivity contribution in [2.45, 2.75) is 78.1 Å². The summed E-state index contributed by atoms with van der Waals surface area (Å²) < 4.78 is 0. The average Bonchev–Trinajstić information content (AvgIpc) is 2.36. The van der Waals surface area contributed by atoms with Crippen molar-refractivity contribution in [1.29, 1.82) is 0 Å². The second-order valence-corrected chi connectivity index (χ2v) is 5.08. The smallest absolute Gasteiger partial charge is 0.303 e. The maximum Gasteiger partial charge on any atom is 0.303 e. The van der Waals surface area contributed by atoms with Crippen LogP contribution in [0.25, 0.3) is 0 Å². The summed E-state index contributed by atoms with van der Waals surface area (Å²) in [5, 5.41) is 8.46. The molecule has 0 amide bonds. The lowest BCUT2D eigenvalue weighted by atomic mass is 9.96. The summed E-state index contributed by atoms with van der Waals surface area (Å²) in [6.07, 6.45) is 15.5. The van der Waals surface area contributed by atoms with Crippen LogP contribution in [0.2, 0.25) is 0 Å². The van der Waals surface area contributed by atoms with Crippen molar-refractivity contribution < 1.29 is 9.90 Å². The van der Waals surface area contributed by atoms with Crippen LogP contribution in [0.5, 0.6) is 0 Å². The van der Waals surface area contributed by atoms with E-state index < -0.39 is 5.97 Å². The van der Waals surface area contributed by atoms with E-state index in [1.54, 1.807) is 0 Å². The zero-order valence-corrected chi connectivity index (χ0v) is 12.2. The Balaban J connectivity index is 3.23. The lowest BCUT2D eigenvalue weighted by molar-refractivity contribution is -0.136. The Hall–Kier alpha value is -0.790. The highest BCUT2D eigenvalue weighted by Gasteiger charge is 2.01. The molecule has 1 N–H and O–H groups in total. The first-order valence-electron chi connectivity index (χ1n) is 7.57. The molecule has 106 valence electrons. The third-order valence-corrected chi connectivity index (χ3v) is 3.58. The molecule has 0 atom stereocenters. The largest absolute Gasteiger partial charge is 0.481 e. The number of aliphatic carboxylic acids is 1. The van der Waals surface area contributed by atoms with E-state index in [0.717, 1.165) is 12.3 Å². The molecule has 18 heavy (non-hydrogen) atoms. The Bertz CT molecular complexity index is 217. The molecule has 2 heteroatoms. The van der Waals surface area contributed by atoms with Gasteiger partial charge < -0.3 is 5.11 Å². The molecule has 0 aliphatic heterocycles. The summed E-state index contributed by atoms with van der Waals surface area (Å²) in [4.78, 5) is 10.3. The van der Waals surface area contributed by atoms with Crippen molar-refractivity contribution >= 4 is 5.97 Å². The predicted molar refractivity (Wildman–Crippen MR) is 77.8 cm³/mol. The Morgan fingerprint density at radius 1 is 1.00 bits per heavy atom. The lowest BCUT2D eigenvalue weighted by Crippen LogP contribution is -1.96. The number of hydrogen-bond acceptors (Lipinski definition) is 1. The van der Waals surface area contributed by atoms with Gasteiger partial charge >= 0.3 is 5.97 Å². The van der Waals surface area contributed by atoms with Crippen molar-refractivity contribution in [2.24, 2.45) is 5.92 Å². The molecule has 2 nitrogen and oxygen atoms in total. The fourth-order valence-corrected chi connectivity index (χ4v) is 2.19. The summed E-state index contributed by atoms with van der Waals surface area (Å²) in [6, 6.07) is 0. The Morgan fingerprint density at radius 2 is 1.61 bits per heavy atom. The van der Waals surface area contributed by atoms with Crippen molar-refractivity contribution in [3.63, 3.8) is 0 Å². The molecule has 0 spiro atoms. The minimum Gasteiger partial charge on any atom is -0.481 e. The Labute approximate surface area is 112 Å². The van der Waals surface area contributed by atoms with Gasteiger partial charge in [-0.1, -0.05) is 64.5 Å². The van der Waals surface area contributed by atoms with Crippen LogP contribution in [0.4, 0.5) is 0 Å². The zero-order chi connectivity index (χ0) is 13.6. The summed E-state index contributed by atoms with van der Waals surface area (Å²) in [5.74, 6) is 0.224. The number of allylic oxidation sites excluding steroid dienone is 2. The van der Waals surface area contributed by atoms with Gasteiger partial charge in [-0.15, -0.1) is 0 Å². The highest BCUT2D eigenvalue weighted by atomic mass is 16.4. The van der Waals surface area contributed by atoms with Gasteiger partial charge in [-0.2, -0.15) is 0 Å². The van der Waals surface area contributed by atoms with Gasteiger partial charge in [0.2, 0.25) is 0 Å². The van der Waals surface area contributed by atoms with Crippen molar-refractivity contribution in [1.82, 2.24) is 0 Å². The molecule has 0 aromatic heterocycles. The van der Waals surface area contributed by atoms with Gasteiger partial charge in [-0.05, 0) is 25.2 Å². The molecule has 0 rings (SSSR count). The number of hydrogen-bond donors (Lipinski definition) is 1. The number of carbonyl (C=O) groups is 1. The molecule has 0 fully saturated rings. The monoisotopic (exact) mass is 254 g/mol. The van der Waals surface area contributed by atoms with Gasteiger partial charge in [0.1, 0.15) is 0 Å². The van der Waals surface area contributed by atoms with E-state index >= 15 is 0 Å². The van der Waals surface area contributed by atoms with Crippen LogP contribution in [0.15, 0.2) is 12.2 Å². The van der Waals surface area contributed by atoms with E-state index in [9.17, 15) is 4.79 Å². The number of rotatable bonds is 12. The predicted octanol–water partition coefficient (Wildman–Crippen LogP) is 5.18. The van der Waals surface area contributed by atoms with Crippen LogP contribution in [0, 0.1) is 5.92 Å². The van der Waals surface area contributed by atoms with Gasteiger partial charge in [-0.3, -0.25) is 4.79 Å². The average molecular weight is 254 g/mol. The minimum absolute atomic E-state index is 0.256. The molecule has 0 aliphatic rings. The molecule has 0 aromatic carbocycles. The van der Waals surface area contributed by atoms with E-state index in [-0.39, 0.29) is 6.42 Å². The summed E-state index contributed by atoms with van der Waals surface area (Å²) in [7, 11) is 0. The fraction of sp³-hybridized carbons (Fsp3) is 0.812. The summed E-state index contributed by atoms with van der Waals surface area (Å²) in [5.41, 5.74) is 0. The standard InChI is InChI=1S/C16H30O2/c1-3-15(4-2)13-11-9-7-5-6-8-10-12-14-16(17)18/h8,10,15H,3-7,9,11-14H2,1-2H3,(H,17,18). The Morgan fingerprint density at radius 3 is 2.22 bits per heavy atom. The van der Waals surface area contributed by atoms with Crippen LogP contribution in [0.3, 0.4) is 0 Å². The van der Waals surface area contributed by atoms with Gasteiger partial charge in [0.25, 0.3) is 0 Å². The first kappa shape index (κ1) is 17.2. The second-order valence-electron chi connectivity index (χ2n) is 5.08. The van der Waals surface area contributed by atoms with E-state index in [1.807, 2.05) is 6.08 Å². The van der Waals surface area contributed by atoms with E-state index in [4.69, 9.17) is 5.11 Å². The van der Waals surface area contributed by atoms with Crippen molar-refractivity contribution in [3.8, 4) is 0 Å². The quantitative estimate of drug-likeness (QED) is 0.384. The third kappa shape index (κ3) is 11.7. The maximum absolute atomic E-state index is 10.3. The molecular formula is C16H30O2. The summed E-state index contributed by atoms with van der Waals surface area (Å²) in [6.45, 7) is 4.58. The normalized spacial score (nSPS) is 11.5. The lowest BCUT2D eigenvalue weighted by Gasteiger charge is -2.10. The van der Waals surface area contributed by atoms with Crippen LogP contribution < -0.4 is 0 Å². The van der Waals surface area contributed by atoms with Crippen LogP contribution >= 0.6 is 0 Å². The maximum atomic E-state index is 10.3. The highest BCUT2D eigenvalue weighted by molar-refractivity contribution is 5.66. The number of unbranched alkanes of at least 4 members (excludes halogenated alkanes) is 4. The fourth-order valence-electron chi connectivity index (χ4n) is 2.19. The Kier molecular flexibility index (Phi) is 12.1. The summed E-state index contributed by atoms with van der Waals surface area (Å²) >= 11 is 0. The minimum atomic E-state index is -0.707. The highest BCUT2D eigenvalue weighted by Crippen LogP contribution is 2.17. The molecule has 0 saturated carbocycles. The molecule has 0 aromatic rings. The third-order valence-electron chi connectivity index (χ3n) is 3.58. The first-order valence-corrected chi connectivity index (χ1v) is 7.57. The van der Waals surface area contributed by atoms with Crippen molar-refractivity contribution in [3.05, 3.63) is 12.2 Å². The molecule has 0 aliphatic carbocycles. The zero-order valence-electron chi connectivity index (χ0n) is 12.2. The van der Waals surface area contributed by atoms with E-state index in [0.29, 0.717) is 6.42 Å². The second kappa shape index (κ2) is 12.7. The van der Waals surface area contributed by atoms with Crippen LogP contribution in [-0.2, 0) is 4.79 Å². The molecule has 0 heterocycles. The van der Waals surface area contributed by atoms with E-state index in [2.05, 4.69) is 19.9 Å². The van der Waals surface area contributed by atoms with Crippen LogP contribution in [-0.4, -0.2) is 11.1 Å². The number of carboxylic acid groups (broad SMARTS) is 1. The van der Waals surface area contributed by atoms with Crippen LogP contribution in [0.1, 0.15) is 78.1 Å². The topological polar surface area (TPSA) is 37.3 Å². The van der Waals surface area contributed by atoms with Gasteiger partial charge in [-0.25, -0.2) is 0 Å². The molecule has 0 unspecified atom stereocenters.